The highest BCUT2D eigenvalue weighted by Gasteiger charge is 2.19. The fourth-order valence-corrected chi connectivity index (χ4v) is 1.77. The van der Waals surface area contributed by atoms with E-state index in [-0.39, 0.29) is 5.91 Å². The molecule has 1 aliphatic rings. The van der Waals surface area contributed by atoms with Crippen LogP contribution in [0.1, 0.15) is 19.3 Å². The molecule has 20 heavy (non-hydrogen) atoms. The molecule has 0 bridgehead atoms. The highest BCUT2D eigenvalue weighted by Crippen LogP contribution is 2.18. The molecular weight excluding hydrogens is 256 g/mol. The minimum absolute atomic E-state index is 0.0471. The van der Waals surface area contributed by atoms with E-state index in [4.69, 9.17) is 9.47 Å². The number of ether oxygens (including phenoxy) is 2. The topological polar surface area (TPSA) is 59.6 Å². The molecule has 2 rings (SSSR count). The Labute approximate surface area is 119 Å². The predicted molar refractivity (Wildman–Crippen MR) is 78.1 cm³/mol. The van der Waals surface area contributed by atoms with Gasteiger partial charge in [-0.2, -0.15) is 0 Å². The van der Waals surface area contributed by atoms with E-state index in [1.165, 1.54) is 12.8 Å². The second kappa shape index (κ2) is 7.87. The van der Waals surface area contributed by atoms with Crippen molar-refractivity contribution in [3.63, 3.8) is 0 Å². The van der Waals surface area contributed by atoms with E-state index < -0.39 is 0 Å². The molecule has 1 fully saturated rings. The Hall–Kier alpha value is -1.59. The zero-order chi connectivity index (χ0) is 14.2. The minimum atomic E-state index is -0.0471. The lowest BCUT2D eigenvalue weighted by molar-refractivity contribution is -0.117. The molecule has 0 aromatic heterocycles. The Kier molecular flexibility index (Phi) is 5.83. The molecule has 2 N–H and O–H groups in total. The lowest BCUT2D eigenvalue weighted by Crippen LogP contribution is -2.22. The Morgan fingerprint density at radius 3 is 2.65 bits per heavy atom. The number of benzene rings is 1. The van der Waals surface area contributed by atoms with Crippen molar-refractivity contribution in [2.75, 3.05) is 32.2 Å². The highest BCUT2D eigenvalue weighted by atomic mass is 16.5. The third kappa shape index (κ3) is 5.59. The number of amides is 1. The molecule has 0 radical (unpaired) electrons. The van der Waals surface area contributed by atoms with Crippen LogP contribution in [0.25, 0.3) is 0 Å². The fourth-order valence-electron chi connectivity index (χ4n) is 1.77. The summed E-state index contributed by atoms with van der Waals surface area (Å²) in [5.41, 5.74) is 0.773. The minimum Gasteiger partial charge on any atom is -0.492 e. The molecule has 0 heterocycles. The summed E-state index contributed by atoms with van der Waals surface area (Å²) in [5.74, 6) is 0.770. The quantitative estimate of drug-likeness (QED) is 0.676. The van der Waals surface area contributed by atoms with E-state index in [2.05, 4.69) is 10.6 Å². The first-order valence-corrected chi connectivity index (χ1v) is 7.03. The highest BCUT2D eigenvalue weighted by molar-refractivity contribution is 5.90. The molecule has 1 amide bonds. The third-order valence-corrected chi connectivity index (χ3v) is 3.05. The zero-order valence-corrected chi connectivity index (χ0v) is 11.9. The van der Waals surface area contributed by atoms with Gasteiger partial charge in [-0.15, -0.1) is 0 Å². The van der Waals surface area contributed by atoms with Crippen molar-refractivity contribution in [3.8, 4) is 5.75 Å². The van der Waals surface area contributed by atoms with Gasteiger partial charge in [0, 0.05) is 25.4 Å². The first-order chi connectivity index (χ1) is 9.78. The van der Waals surface area contributed by atoms with Gasteiger partial charge in [0.2, 0.25) is 5.91 Å². The number of hydrogen-bond acceptors (Lipinski definition) is 4. The molecule has 0 atom stereocenters. The number of carbonyl (C=O) groups excluding carboxylic acids is 1. The van der Waals surface area contributed by atoms with Crippen LogP contribution in [-0.2, 0) is 9.53 Å². The van der Waals surface area contributed by atoms with E-state index in [0.717, 1.165) is 18.0 Å². The van der Waals surface area contributed by atoms with Crippen molar-refractivity contribution in [2.24, 2.45) is 0 Å². The number of methoxy groups -OCH3 is 1. The molecule has 1 aromatic carbocycles. The number of hydrogen-bond donors (Lipinski definition) is 2. The van der Waals surface area contributed by atoms with Gasteiger partial charge in [-0.25, -0.2) is 0 Å². The Morgan fingerprint density at radius 2 is 2.00 bits per heavy atom. The molecule has 5 nitrogen and oxygen atoms in total. The van der Waals surface area contributed by atoms with Crippen molar-refractivity contribution >= 4 is 11.6 Å². The van der Waals surface area contributed by atoms with Gasteiger partial charge in [0.05, 0.1) is 13.0 Å². The summed E-state index contributed by atoms with van der Waals surface area (Å²) in [6, 6.07) is 8.12. The van der Waals surface area contributed by atoms with Crippen molar-refractivity contribution in [1.82, 2.24) is 5.32 Å². The summed E-state index contributed by atoms with van der Waals surface area (Å²) in [6.45, 7) is 1.97. The van der Waals surface area contributed by atoms with E-state index in [1.54, 1.807) is 7.11 Å². The molecule has 5 heteroatoms. The van der Waals surface area contributed by atoms with E-state index in [1.807, 2.05) is 24.3 Å². The van der Waals surface area contributed by atoms with Gasteiger partial charge >= 0.3 is 0 Å². The Bertz CT molecular complexity index is 416. The number of nitrogens with one attached hydrogen (secondary N) is 2. The monoisotopic (exact) mass is 278 g/mol. The van der Waals surface area contributed by atoms with Crippen LogP contribution in [0.2, 0.25) is 0 Å². The number of rotatable bonds is 9. The Morgan fingerprint density at radius 1 is 1.25 bits per heavy atom. The van der Waals surface area contributed by atoms with Gasteiger partial charge in [0.1, 0.15) is 12.4 Å². The molecule has 1 aliphatic carbocycles. The maximum Gasteiger partial charge on any atom is 0.226 e. The first kappa shape index (κ1) is 14.8. The average molecular weight is 278 g/mol. The van der Waals surface area contributed by atoms with Crippen LogP contribution in [-0.4, -0.2) is 38.8 Å². The normalized spacial score (nSPS) is 14.1. The average Bonchev–Trinajstić information content (AvgIpc) is 3.27. The van der Waals surface area contributed by atoms with Crippen LogP contribution in [0.5, 0.6) is 5.75 Å². The van der Waals surface area contributed by atoms with Crippen LogP contribution in [0, 0.1) is 0 Å². The third-order valence-electron chi connectivity index (χ3n) is 3.05. The summed E-state index contributed by atoms with van der Waals surface area (Å²) >= 11 is 0. The van der Waals surface area contributed by atoms with Crippen LogP contribution in [0.15, 0.2) is 24.3 Å². The molecule has 110 valence electrons. The maximum atomic E-state index is 11.5. The van der Waals surface area contributed by atoms with E-state index in [9.17, 15) is 4.79 Å². The van der Waals surface area contributed by atoms with Crippen LogP contribution in [0.3, 0.4) is 0 Å². The summed E-state index contributed by atoms with van der Waals surface area (Å²) in [7, 11) is 1.58. The standard InChI is InChI=1S/C15H22N2O3/c1-19-10-8-15(18)17-13-4-6-14(7-5-13)20-11-9-16-12-2-3-12/h4-7,12,16H,2-3,8-11H2,1H3,(H,17,18). The van der Waals surface area contributed by atoms with E-state index >= 15 is 0 Å². The van der Waals surface area contributed by atoms with Gasteiger partial charge in [0.25, 0.3) is 0 Å². The molecule has 0 aliphatic heterocycles. The van der Waals surface area contributed by atoms with Crippen molar-refractivity contribution in [3.05, 3.63) is 24.3 Å². The first-order valence-electron chi connectivity index (χ1n) is 7.03. The zero-order valence-electron chi connectivity index (χ0n) is 11.9. The van der Waals surface area contributed by atoms with E-state index in [0.29, 0.717) is 25.7 Å². The molecule has 0 unspecified atom stereocenters. The number of anilines is 1. The molecule has 1 saturated carbocycles. The van der Waals surface area contributed by atoms with Gasteiger partial charge in [-0.3, -0.25) is 4.79 Å². The summed E-state index contributed by atoms with van der Waals surface area (Å²) in [5, 5.41) is 6.20. The lowest BCUT2D eigenvalue weighted by atomic mass is 10.3. The van der Waals surface area contributed by atoms with Crippen LogP contribution >= 0.6 is 0 Å². The molecule has 0 saturated heterocycles. The second-order valence-corrected chi connectivity index (χ2v) is 4.89. The maximum absolute atomic E-state index is 11.5. The van der Waals surface area contributed by atoms with Gasteiger partial charge < -0.3 is 20.1 Å². The largest absolute Gasteiger partial charge is 0.492 e. The molecule has 1 aromatic rings. The molecule has 0 spiro atoms. The summed E-state index contributed by atoms with van der Waals surface area (Å²) < 4.78 is 10.5. The van der Waals surface area contributed by atoms with Gasteiger partial charge in [0.15, 0.2) is 0 Å². The van der Waals surface area contributed by atoms with Gasteiger partial charge in [-0.1, -0.05) is 0 Å². The van der Waals surface area contributed by atoms with Gasteiger partial charge in [-0.05, 0) is 37.1 Å². The van der Waals surface area contributed by atoms with Crippen molar-refractivity contribution < 1.29 is 14.3 Å². The summed E-state index contributed by atoms with van der Waals surface area (Å²) in [4.78, 5) is 11.5. The second-order valence-electron chi connectivity index (χ2n) is 4.89. The predicted octanol–water partition coefficient (Wildman–Crippen LogP) is 1.79. The molecular formula is C15H22N2O3. The SMILES string of the molecule is COCCC(=O)Nc1ccc(OCCNC2CC2)cc1. The van der Waals surface area contributed by atoms with Crippen molar-refractivity contribution in [2.45, 2.75) is 25.3 Å². The van der Waals surface area contributed by atoms with Crippen LogP contribution < -0.4 is 15.4 Å². The fraction of sp³-hybridized carbons (Fsp3) is 0.533. The van der Waals surface area contributed by atoms with Crippen molar-refractivity contribution in [1.29, 1.82) is 0 Å². The smallest absolute Gasteiger partial charge is 0.226 e. The van der Waals surface area contributed by atoms with Crippen LogP contribution in [0.4, 0.5) is 5.69 Å². The number of carbonyl (C=O) groups is 1. The lowest BCUT2D eigenvalue weighted by Gasteiger charge is -2.08. The summed E-state index contributed by atoms with van der Waals surface area (Å²) in [6.07, 6.45) is 2.94. The Balaban J connectivity index is 1.67.